The summed E-state index contributed by atoms with van der Waals surface area (Å²) in [5.41, 5.74) is 1.95. The summed E-state index contributed by atoms with van der Waals surface area (Å²) >= 11 is 2.05. The summed E-state index contributed by atoms with van der Waals surface area (Å²) in [5, 5.41) is 17.8. The van der Waals surface area contributed by atoms with Gasteiger partial charge in [-0.2, -0.15) is 5.26 Å². The molecule has 0 heterocycles. The number of benzene rings is 1. The SMILES string of the molecule is Cc1cc(O)c(I)cc1CC#N. The van der Waals surface area contributed by atoms with Crippen LogP contribution in [0.15, 0.2) is 12.1 Å². The zero-order chi connectivity index (χ0) is 9.14. The maximum atomic E-state index is 9.30. The summed E-state index contributed by atoms with van der Waals surface area (Å²) in [6.07, 6.45) is 0.405. The molecular weight excluding hydrogens is 265 g/mol. The van der Waals surface area contributed by atoms with Gasteiger partial charge in [-0.3, -0.25) is 0 Å². The lowest BCUT2D eigenvalue weighted by molar-refractivity contribution is 0.471. The van der Waals surface area contributed by atoms with Crippen LogP contribution in [0.25, 0.3) is 0 Å². The van der Waals surface area contributed by atoms with Crippen molar-refractivity contribution in [2.75, 3.05) is 0 Å². The van der Waals surface area contributed by atoms with Gasteiger partial charge in [0.1, 0.15) is 5.75 Å². The molecule has 2 nitrogen and oxygen atoms in total. The second kappa shape index (κ2) is 3.76. The molecule has 0 aliphatic rings. The first kappa shape index (κ1) is 9.33. The lowest BCUT2D eigenvalue weighted by atomic mass is 10.1. The van der Waals surface area contributed by atoms with Crippen LogP contribution < -0.4 is 0 Å². The van der Waals surface area contributed by atoms with Crippen molar-refractivity contribution in [2.45, 2.75) is 13.3 Å². The predicted octanol–water partition coefficient (Wildman–Crippen LogP) is 2.37. The van der Waals surface area contributed by atoms with Crippen molar-refractivity contribution in [3.63, 3.8) is 0 Å². The van der Waals surface area contributed by atoms with Gasteiger partial charge in [0.2, 0.25) is 0 Å². The molecule has 0 fully saturated rings. The first-order chi connectivity index (χ1) is 5.65. The van der Waals surface area contributed by atoms with E-state index >= 15 is 0 Å². The molecule has 1 N–H and O–H groups in total. The van der Waals surface area contributed by atoms with Gasteiger partial charge in [-0.1, -0.05) is 0 Å². The van der Waals surface area contributed by atoms with Crippen molar-refractivity contribution in [2.24, 2.45) is 0 Å². The molecule has 12 heavy (non-hydrogen) atoms. The maximum absolute atomic E-state index is 9.30. The molecule has 0 amide bonds. The largest absolute Gasteiger partial charge is 0.507 e. The monoisotopic (exact) mass is 273 g/mol. The highest BCUT2D eigenvalue weighted by atomic mass is 127. The Morgan fingerprint density at radius 3 is 2.83 bits per heavy atom. The van der Waals surface area contributed by atoms with E-state index < -0.39 is 0 Å². The molecule has 3 heteroatoms. The summed E-state index contributed by atoms with van der Waals surface area (Å²) in [4.78, 5) is 0. The fraction of sp³-hybridized carbons (Fsp3) is 0.222. The van der Waals surface area contributed by atoms with Gasteiger partial charge in [-0.25, -0.2) is 0 Å². The highest BCUT2D eigenvalue weighted by molar-refractivity contribution is 14.1. The third-order valence-electron chi connectivity index (χ3n) is 1.67. The molecule has 1 aromatic rings. The molecule has 0 saturated carbocycles. The minimum absolute atomic E-state index is 0.287. The number of nitriles is 1. The first-order valence-corrected chi connectivity index (χ1v) is 4.58. The summed E-state index contributed by atoms with van der Waals surface area (Å²) < 4.78 is 0.795. The quantitative estimate of drug-likeness (QED) is 0.798. The number of phenolic OH excluding ortho intramolecular Hbond substituents is 1. The van der Waals surface area contributed by atoms with E-state index in [9.17, 15) is 5.11 Å². The number of phenols is 1. The average Bonchev–Trinajstić information content (AvgIpc) is 2.01. The Morgan fingerprint density at radius 1 is 1.58 bits per heavy atom. The summed E-state index contributed by atoms with van der Waals surface area (Å²) in [6, 6.07) is 5.62. The number of nitrogens with zero attached hydrogens (tertiary/aromatic N) is 1. The number of aryl methyl sites for hydroxylation is 1. The zero-order valence-electron chi connectivity index (χ0n) is 6.63. The van der Waals surface area contributed by atoms with Crippen LogP contribution in [0.5, 0.6) is 5.75 Å². The van der Waals surface area contributed by atoms with Crippen LogP contribution in [0.2, 0.25) is 0 Å². The van der Waals surface area contributed by atoms with Gasteiger partial charge >= 0.3 is 0 Å². The third-order valence-corrected chi connectivity index (χ3v) is 2.54. The van der Waals surface area contributed by atoms with E-state index in [0.717, 1.165) is 14.7 Å². The Morgan fingerprint density at radius 2 is 2.25 bits per heavy atom. The second-order valence-electron chi connectivity index (χ2n) is 2.56. The normalized spacial score (nSPS) is 9.42. The highest BCUT2D eigenvalue weighted by Gasteiger charge is 2.03. The van der Waals surface area contributed by atoms with Gasteiger partial charge in [-0.15, -0.1) is 0 Å². The van der Waals surface area contributed by atoms with Gasteiger partial charge < -0.3 is 5.11 Å². The summed E-state index contributed by atoms with van der Waals surface area (Å²) in [7, 11) is 0. The minimum atomic E-state index is 0.287. The van der Waals surface area contributed by atoms with Crippen molar-refractivity contribution in [1.82, 2.24) is 0 Å². The van der Waals surface area contributed by atoms with Crippen LogP contribution in [-0.2, 0) is 6.42 Å². The number of halogens is 1. The van der Waals surface area contributed by atoms with E-state index in [-0.39, 0.29) is 5.75 Å². The van der Waals surface area contributed by atoms with Gasteiger partial charge in [0.05, 0.1) is 16.1 Å². The molecule has 0 atom stereocenters. The van der Waals surface area contributed by atoms with Crippen LogP contribution in [-0.4, -0.2) is 5.11 Å². The molecule has 0 spiro atoms. The van der Waals surface area contributed by atoms with Gasteiger partial charge in [0.25, 0.3) is 0 Å². The fourth-order valence-corrected chi connectivity index (χ4v) is 1.51. The van der Waals surface area contributed by atoms with Crippen LogP contribution in [0.4, 0.5) is 0 Å². The number of hydrogen-bond acceptors (Lipinski definition) is 2. The molecule has 1 aromatic carbocycles. The van der Waals surface area contributed by atoms with E-state index in [1.165, 1.54) is 0 Å². The molecule has 62 valence electrons. The smallest absolute Gasteiger partial charge is 0.129 e. The molecule has 0 radical (unpaired) electrons. The standard InChI is InChI=1S/C9H8INO/c1-6-4-9(12)8(10)5-7(6)2-3-11/h4-5,12H,2H2,1H3. The Hall–Kier alpha value is -0.760. The van der Waals surface area contributed by atoms with E-state index in [2.05, 4.69) is 6.07 Å². The predicted molar refractivity (Wildman–Crippen MR) is 54.9 cm³/mol. The van der Waals surface area contributed by atoms with Crippen molar-refractivity contribution < 1.29 is 5.11 Å². The summed E-state index contributed by atoms with van der Waals surface area (Å²) in [5.74, 6) is 0.287. The topological polar surface area (TPSA) is 44.0 Å². The van der Waals surface area contributed by atoms with E-state index in [0.29, 0.717) is 6.42 Å². The lowest BCUT2D eigenvalue weighted by Crippen LogP contribution is -1.88. The number of rotatable bonds is 1. The Balaban J connectivity index is 3.16. The van der Waals surface area contributed by atoms with E-state index in [1.54, 1.807) is 6.07 Å². The van der Waals surface area contributed by atoms with Crippen LogP contribution >= 0.6 is 22.6 Å². The highest BCUT2D eigenvalue weighted by Crippen LogP contribution is 2.23. The van der Waals surface area contributed by atoms with Gasteiger partial charge in [0, 0.05) is 0 Å². The summed E-state index contributed by atoms with van der Waals surface area (Å²) in [6.45, 7) is 1.89. The van der Waals surface area contributed by atoms with Crippen LogP contribution in [0.3, 0.4) is 0 Å². The molecule has 0 saturated heterocycles. The van der Waals surface area contributed by atoms with Crippen LogP contribution in [0.1, 0.15) is 11.1 Å². The molecule has 0 aliphatic carbocycles. The van der Waals surface area contributed by atoms with Crippen LogP contribution in [0, 0.1) is 21.8 Å². The Bertz CT molecular complexity index is 341. The number of hydrogen-bond donors (Lipinski definition) is 1. The van der Waals surface area contributed by atoms with Gasteiger partial charge in [0.15, 0.2) is 0 Å². The second-order valence-corrected chi connectivity index (χ2v) is 3.73. The number of aromatic hydroxyl groups is 1. The third kappa shape index (κ3) is 1.89. The Kier molecular flexibility index (Phi) is 2.93. The molecular formula is C9H8INO. The van der Waals surface area contributed by atoms with Crippen molar-refractivity contribution in [3.8, 4) is 11.8 Å². The van der Waals surface area contributed by atoms with Crippen molar-refractivity contribution >= 4 is 22.6 Å². The molecule has 0 aliphatic heterocycles. The minimum Gasteiger partial charge on any atom is -0.507 e. The van der Waals surface area contributed by atoms with Crippen molar-refractivity contribution in [3.05, 3.63) is 26.8 Å². The molecule has 0 bridgehead atoms. The zero-order valence-corrected chi connectivity index (χ0v) is 8.79. The van der Waals surface area contributed by atoms with Crippen molar-refractivity contribution in [1.29, 1.82) is 5.26 Å². The first-order valence-electron chi connectivity index (χ1n) is 3.50. The molecule has 0 aromatic heterocycles. The molecule has 1 rings (SSSR count). The maximum Gasteiger partial charge on any atom is 0.129 e. The van der Waals surface area contributed by atoms with E-state index in [4.69, 9.17) is 5.26 Å². The lowest BCUT2D eigenvalue weighted by Gasteiger charge is -2.03. The fourth-order valence-electron chi connectivity index (χ4n) is 0.983. The van der Waals surface area contributed by atoms with E-state index in [1.807, 2.05) is 35.6 Å². The Labute approximate surface area is 85.0 Å². The molecule has 0 unspecified atom stereocenters. The van der Waals surface area contributed by atoms with Gasteiger partial charge in [-0.05, 0) is 52.8 Å². The average molecular weight is 273 g/mol.